The van der Waals surface area contributed by atoms with Gasteiger partial charge in [0.1, 0.15) is 11.7 Å². The molecule has 0 saturated heterocycles. The van der Waals surface area contributed by atoms with Crippen molar-refractivity contribution in [3.05, 3.63) is 36.0 Å². The van der Waals surface area contributed by atoms with Crippen molar-refractivity contribution in [1.82, 2.24) is 15.6 Å². The Balaban J connectivity index is 1.73. The fourth-order valence-corrected chi connectivity index (χ4v) is 4.98. The molecule has 2 heterocycles. The van der Waals surface area contributed by atoms with Crippen LogP contribution in [0.5, 0.6) is 5.88 Å². The number of methoxy groups -OCH3 is 1. The molecule has 1 aliphatic heterocycles. The zero-order chi connectivity index (χ0) is 24.9. The van der Waals surface area contributed by atoms with Crippen LogP contribution in [0.15, 0.2) is 24.9 Å². The van der Waals surface area contributed by atoms with Gasteiger partial charge in [0.25, 0.3) is 0 Å². The van der Waals surface area contributed by atoms with Crippen molar-refractivity contribution < 1.29 is 19.4 Å². The third kappa shape index (κ3) is 6.58. The quantitative estimate of drug-likeness (QED) is 0.423. The van der Waals surface area contributed by atoms with E-state index in [-0.39, 0.29) is 23.0 Å². The van der Waals surface area contributed by atoms with Gasteiger partial charge in [-0.15, -0.1) is 6.58 Å². The van der Waals surface area contributed by atoms with E-state index in [1.54, 1.807) is 6.08 Å². The highest BCUT2D eigenvalue weighted by molar-refractivity contribution is 5.81. The predicted molar refractivity (Wildman–Crippen MR) is 134 cm³/mol. The minimum atomic E-state index is -0.773. The summed E-state index contributed by atoms with van der Waals surface area (Å²) in [5.41, 5.74) is 2.25. The Bertz CT molecular complexity index is 843. The van der Waals surface area contributed by atoms with E-state index in [4.69, 9.17) is 14.5 Å². The number of rotatable bonds is 11. The van der Waals surface area contributed by atoms with Crippen molar-refractivity contribution in [2.45, 2.75) is 103 Å². The Labute approximate surface area is 204 Å². The monoisotopic (exact) mass is 473 g/mol. The molecule has 3 N–H and O–H groups in total. The predicted octanol–water partition coefficient (Wildman–Crippen LogP) is 3.85. The van der Waals surface area contributed by atoms with Gasteiger partial charge in [-0.3, -0.25) is 4.79 Å². The van der Waals surface area contributed by atoms with E-state index in [2.05, 4.69) is 44.1 Å². The highest BCUT2D eigenvalue weighted by atomic mass is 16.5. The molecular formula is C27H43N3O4. The van der Waals surface area contributed by atoms with Crippen LogP contribution in [0.4, 0.5) is 0 Å². The van der Waals surface area contributed by atoms with Gasteiger partial charge in [0, 0.05) is 37.9 Å². The van der Waals surface area contributed by atoms with Gasteiger partial charge < -0.3 is 25.2 Å². The fourth-order valence-electron chi connectivity index (χ4n) is 4.98. The van der Waals surface area contributed by atoms with Crippen LogP contribution in [0.3, 0.4) is 0 Å². The maximum Gasteiger partial charge on any atom is 0.249 e. The second-order valence-corrected chi connectivity index (χ2v) is 11.1. The number of nitrogens with one attached hydrogen (secondary N) is 2. The van der Waals surface area contributed by atoms with Gasteiger partial charge in [-0.1, -0.05) is 33.8 Å². The molecule has 1 amide bonds. The summed E-state index contributed by atoms with van der Waals surface area (Å²) in [6.07, 6.45) is 8.41. The minimum absolute atomic E-state index is 0.0357. The van der Waals surface area contributed by atoms with Crippen LogP contribution in [0, 0.1) is 5.41 Å². The summed E-state index contributed by atoms with van der Waals surface area (Å²) in [4.78, 5) is 17.2. The lowest BCUT2D eigenvalue weighted by Crippen LogP contribution is -2.53. The zero-order valence-corrected chi connectivity index (χ0v) is 21.5. The van der Waals surface area contributed by atoms with E-state index in [9.17, 15) is 9.90 Å². The molecule has 1 aliphatic carbocycles. The smallest absolute Gasteiger partial charge is 0.249 e. The highest BCUT2D eigenvalue weighted by Gasteiger charge is 2.46. The van der Waals surface area contributed by atoms with Gasteiger partial charge in [0.05, 0.1) is 12.1 Å². The molecule has 3 rings (SSSR count). The molecule has 7 heteroatoms. The molecule has 190 valence electrons. The number of aromatic nitrogens is 1. The van der Waals surface area contributed by atoms with Crippen molar-refractivity contribution in [2.75, 3.05) is 13.7 Å². The average Bonchev–Trinajstić information content (AvgIpc) is 2.75. The second-order valence-electron chi connectivity index (χ2n) is 11.1. The number of nitrogens with zero attached hydrogens (tertiary/aromatic N) is 1. The highest BCUT2D eigenvalue weighted by Crippen LogP contribution is 2.48. The molecule has 1 aromatic rings. The van der Waals surface area contributed by atoms with Crippen molar-refractivity contribution in [3.8, 4) is 5.88 Å². The third-order valence-electron chi connectivity index (χ3n) is 6.93. The number of pyridine rings is 1. The third-order valence-corrected chi connectivity index (χ3v) is 6.93. The molecule has 0 aromatic carbocycles. The first-order valence-corrected chi connectivity index (χ1v) is 12.6. The molecule has 1 saturated carbocycles. The maximum atomic E-state index is 12.5. The number of ether oxygens (including phenoxy) is 2. The summed E-state index contributed by atoms with van der Waals surface area (Å²) in [6, 6.07) is 1.80. The number of aliphatic hydroxyl groups is 1. The normalized spacial score (nSPS) is 21.5. The van der Waals surface area contributed by atoms with Crippen molar-refractivity contribution >= 4 is 5.91 Å². The second kappa shape index (κ2) is 11.2. The van der Waals surface area contributed by atoms with Crippen LogP contribution in [0.25, 0.3) is 0 Å². The number of amides is 1. The Morgan fingerprint density at radius 3 is 2.74 bits per heavy atom. The summed E-state index contributed by atoms with van der Waals surface area (Å²) < 4.78 is 11.6. The van der Waals surface area contributed by atoms with E-state index < -0.39 is 18.2 Å². The van der Waals surface area contributed by atoms with Gasteiger partial charge in [0.2, 0.25) is 11.8 Å². The molecule has 1 fully saturated rings. The lowest BCUT2D eigenvalue weighted by Gasteiger charge is -2.47. The first kappa shape index (κ1) is 26.6. The molecule has 1 aromatic heterocycles. The largest absolute Gasteiger partial charge is 0.471 e. The molecule has 34 heavy (non-hydrogen) atoms. The summed E-state index contributed by atoms with van der Waals surface area (Å²) in [7, 11) is 1.52. The number of hydrogen-bond donors (Lipinski definition) is 3. The van der Waals surface area contributed by atoms with Crippen LogP contribution in [-0.2, 0) is 16.0 Å². The number of fused-ring (bicyclic) bond motifs is 1. The van der Waals surface area contributed by atoms with Crippen molar-refractivity contribution in [1.29, 1.82) is 0 Å². The van der Waals surface area contributed by atoms with Gasteiger partial charge >= 0.3 is 0 Å². The zero-order valence-electron chi connectivity index (χ0n) is 21.5. The molecule has 0 radical (unpaired) electrons. The molecule has 4 atom stereocenters. The Morgan fingerprint density at radius 1 is 1.44 bits per heavy atom. The van der Waals surface area contributed by atoms with Gasteiger partial charge in [-0.25, -0.2) is 4.98 Å². The average molecular weight is 474 g/mol. The lowest BCUT2D eigenvalue weighted by molar-refractivity contribution is -0.132. The molecule has 0 bridgehead atoms. The van der Waals surface area contributed by atoms with Crippen LogP contribution in [0.2, 0.25) is 0 Å². The molecule has 0 unspecified atom stereocenters. The lowest BCUT2D eigenvalue weighted by atomic mass is 9.73. The Kier molecular flexibility index (Phi) is 8.77. The standard InChI is InChI=1S/C27H43N3O4/c1-7-10-20(30-24(32)23(8-2)33-6)22(31)17-28-21-15-27(11-9-12-27)34-25-19(21)13-18(16-29-25)14-26(3,4)5/h7,13,16,20-23,28,31H,1,8-12,14-15,17H2,2-6H3,(H,30,32)/t20-,21-,22+,23-/m0/s1. The molecule has 7 nitrogen and oxygen atoms in total. The van der Waals surface area contributed by atoms with Crippen molar-refractivity contribution in [3.63, 3.8) is 0 Å². The van der Waals surface area contributed by atoms with E-state index >= 15 is 0 Å². The van der Waals surface area contributed by atoms with E-state index in [1.807, 2.05) is 13.1 Å². The number of aliphatic hydroxyl groups excluding tert-OH is 1. The fraction of sp³-hybridized carbons (Fsp3) is 0.704. The van der Waals surface area contributed by atoms with Crippen molar-refractivity contribution in [2.24, 2.45) is 5.41 Å². The first-order valence-electron chi connectivity index (χ1n) is 12.6. The van der Waals surface area contributed by atoms with Gasteiger partial charge in [-0.05, 0) is 55.6 Å². The van der Waals surface area contributed by atoms with Crippen LogP contribution in [0.1, 0.15) is 83.4 Å². The summed E-state index contributed by atoms with van der Waals surface area (Å²) in [6.45, 7) is 12.7. The Hall–Kier alpha value is -1.96. The molecule has 1 spiro atoms. The van der Waals surface area contributed by atoms with E-state index in [1.165, 1.54) is 19.1 Å². The Morgan fingerprint density at radius 2 is 2.18 bits per heavy atom. The van der Waals surface area contributed by atoms with Gasteiger partial charge in [0.15, 0.2) is 0 Å². The maximum absolute atomic E-state index is 12.5. The van der Waals surface area contributed by atoms with Crippen LogP contribution < -0.4 is 15.4 Å². The van der Waals surface area contributed by atoms with E-state index in [0.717, 1.165) is 31.2 Å². The first-order chi connectivity index (χ1) is 16.1. The van der Waals surface area contributed by atoms with Crippen LogP contribution >= 0.6 is 0 Å². The van der Waals surface area contributed by atoms with Crippen LogP contribution in [-0.4, -0.2) is 53.5 Å². The summed E-state index contributed by atoms with van der Waals surface area (Å²) in [5.74, 6) is 0.495. The molecule has 2 aliphatic rings. The number of hydrogen-bond acceptors (Lipinski definition) is 6. The van der Waals surface area contributed by atoms with E-state index in [0.29, 0.717) is 25.3 Å². The number of carbonyl (C=O) groups is 1. The SMILES string of the molecule is C=CC[C@H](NC(=O)[C@H](CC)OC)[C@H](O)CN[C@H]1CC2(CCC2)Oc2ncc(CC(C)(C)C)cc21. The molecular weight excluding hydrogens is 430 g/mol. The summed E-state index contributed by atoms with van der Waals surface area (Å²) >= 11 is 0. The topological polar surface area (TPSA) is 92.7 Å². The summed E-state index contributed by atoms with van der Waals surface area (Å²) in [5, 5.41) is 17.5. The number of carbonyl (C=O) groups excluding carboxylic acids is 1. The minimum Gasteiger partial charge on any atom is -0.471 e. The van der Waals surface area contributed by atoms with Gasteiger partial charge in [-0.2, -0.15) is 0 Å².